The Morgan fingerprint density at radius 2 is 1.61 bits per heavy atom. The van der Waals surface area contributed by atoms with E-state index in [2.05, 4.69) is 4.72 Å². The highest BCUT2D eigenvalue weighted by atomic mass is 32.2. The van der Waals surface area contributed by atoms with Gasteiger partial charge in [0, 0.05) is 29.4 Å². The number of nitrogens with two attached hydrogens (primary N) is 1. The Kier molecular flexibility index (Phi) is 6.42. The fraction of sp³-hybridized carbons (Fsp3) is 0.143. The first kappa shape index (κ1) is 22.4. The Morgan fingerprint density at radius 3 is 2.23 bits per heavy atom. The highest BCUT2D eigenvalue weighted by molar-refractivity contribution is 7.89. The van der Waals surface area contributed by atoms with Gasteiger partial charge in [-0.3, -0.25) is 0 Å². The molecule has 3 N–H and O–H groups in total. The summed E-state index contributed by atoms with van der Waals surface area (Å²) in [4.78, 5) is -0.314. The van der Waals surface area contributed by atoms with Crippen LogP contribution in [0.3, 0.4) is 0 Å². The van der Waals surface area contributed by atoms with E-state index in [4.69, 9.17) is 15.2 Å². The molecule has 3 aromatic carbocycles. The van der Waals surface area contributed by atoms with E-state index in [0.717, 1.165) is 18.2 Å². The van der Waals surface area contributed by atoms with Crippen LogP contribution >= 0.6 is 0 Å². The maximum atomic E-state index is 13.7. The van der Waals surface area contributed by atoms with E-state index >= 15 is 0 Å². The predicted octanol–water partition coefficient (Wildman–Crippen LogP) is 3.85. The van der Waals surface area contributed by atoms with E-state index in [-0.39, 0.29) is 28.3 Å². The summed E-state index contributed by atoms with van der Waals surface area (Å²) in [5.74, 6) is -3.59. The standard InChI is InChI=1S/C21H19F3N2O4S/c1-29-15-5-3-12(19(10-15)30-2)11-26-31(27,28)20-9-14(25)4-6-16(20)13-7-17(22)21(24)18(23)8-13/h3-10,26H,11,25H2,1-2H3. The van der Waals surface area contributed by atoms with Crippen LogP contribution in [-0.4, -0.2) is 22.6 Å². The van der Waals surface area contributed by atoms with Crippen molar-refractivity contribution in [2.45, 2.75) is 11.4 Å². The van der Waals surface area contributed by atoms with Crippen LogP contribution in [0.5, 0.6) is 11.5 Å². The van der Waals surface area contributed by atoms with Crippen molar-refractivity contribution in [3.05, 3.63) is 71.5 Å². The largest absolute Gasteiger partial charge is 0.497 e. The van der Waals surface area contributed by atoms with Crippen molar-refractivity contribution in [2.75, 3.05) is 20.0 Å². The summed E-state index contributed by atoms with van der Waals surface area (Å²) in [5, 5.41) is 0. The first-order valence-electron chi connectivity index (χ1n) is 8.91. The molecule has 0 aliphatic carbocycles. The molecule has 0 fully saturated rings. The van der Waals surface area contributed by atoms with Gasteiger partial charge in [0.05, 0.1) is 19.1 Å². The van der Waals surface area contributed by atoms with Gasteiger partial charge in [0.2, 0.25) is 10.0 Å². The number of hydrogen-bond acceptors (Lipinski definition) is 5. The summed E-state index contributed by atoms with van der Waals surface area (Å²) in [5.41, 5.74) is 6.19. The van der Waals surface area contributed by atoms with E-state index < -0.39 is 27.5 Å². The van der Waals surface area contributed by atoms with Gasteiger partial charge in [0.15, 0.2) is 17.5 Å². The minimum Gasteiger partial charge on any atom is -0.497 e. The third-order valence-corrected chi connectivity index (χ3v) is 5.98. The topological polar surface area (TPSA) is 90.7 Å². The molecule has 10 heteroatoms. The van der Waals surface area contributed by atoms with Crippen molar-refractivity contribution in [1.82, 2.24) is 4.72 Å². The van der Waals surface area contributed by atoms with E-state index in [0.29, 0.717) is 17.1 Å². The average Bonchev–Trinajstić information content (AvgIpc) is 2.75. The fourth-order valence-corrected chi connectivity index (χ4v) is 4.23. The second-order valence-corrected chi connectivity index (χ2v) is 8.25. The van der Waals surface area contributed by atoms with Crippen molar-refractivity contribution in [3.8, 4) is 22.6 Å². The number of halogens is 3. The normalized spacial score (nSPS) is 11.4. The maximum absolute atomic E-state index is 13.7. The van der Waals surface area contributed by atoms with E-state index in [1.54, 1.807) is 18.2 Å². The molecule has 31 heavy (non-hydrogen) atoms. The third-order valence-electron chi connectivity index (χ3n) is 4.54. The predicted molar refractivity (Wildman–Crippen MR) is 110 cm³/mol. The molecule has 0 amide bonds. The zero-order valence-electron chi connectivity index (χ0n) is 16.6. The zero-order chi connectivity index (χ0) is 22.8. The number of hydrogen-bond donors (Lipinski definition) is 2. The van der Waals surface area contributed by atoms with Crippen molar-refractivity contribution in [3.63, 3.8) is 0 Å². The molecular weight excluding hydrogens is 433 g/mol. The van der Waals surface area contributed by atoms with Crippen LogP contribution in [0.15, 0.2) is 53.4 Å². The number of anilines is 1. The number of sulfonamides is 1. The molecule has 0 aliphatic rings. The minimum absolute atomic E-state index is 0.0406. The Labute approximate surface area is 177 Å². The number of nitrogens with one attached hydrogen (secondary N) is 1. The second-order valence-electron chi connectivity index (χ2n) is 6.51. The van der Waals surface area contributed by atoms with E-state index in [1.807, 2.05) is 0 Å². The van der Waals surface area contributed by atoms with Crippen LogP contribution in [-0.2, 0) is 16.6 Å². The summed E-state index contributed by atoms with van der Waals surface area (Å²) in [6.45, 7) is -0.143. The third kappa shape index (κ3) is 4.75. The lowest BCUT2D eigenvalue weighted by Gasteiger charge is -2.15. The van der Waals surface area contributed by atoms with Crippen molar-refractivity contribution in [1.29, 1.82) is 0 Å². The Bertz CT molecular complexity index is 1210. The van der Waals surface area contributed by atoms with E-state index in [9.17, 15) is 21.6 Å². The number of ether oxygens (including phenoxy) is 2. The van der Waals surface area contributed by atoms with Crippen LogP contribution in [0, 0.1) is 17.5 Å². The van der Waals surface area contributed by atoms with Gasteiger partial charge >= 0.3 is 0 Å². The lowest BCUT2D eigenvalue weighted by Crippen LogP contribution is -2.24. The molecule has 0 bridgehead atoms. The van der Waals surface area contributed by atoms with Crippen LogP contribution in [0.2, 0.25) is 0 Å². The monoisotopic (exact) mass is 452 g/mol. The minimum atomic E-state index is -4.19. The lowest BCUT2D eigenvalue weighted by molar-refractivity contribution is 0.390. The molecule has 6 nitrogen and oxygen atoms in total. The summed E-state index contributed by atoms with van der Waals surface area (Å²) in [6.07, 6.45) is 0. The molecule has 164 valence electrons. The summed E-state index contributed by atoms with van der Waals surface area (Å²) in [6, 6.07) is 10.1. The molecule has 3 aromatic rings. The summed E-state index contributed by atoms with van der Waals surface area (Å²) < 4.78 is 79.6. The van der Waals surface area contributed by atoms with Gasteiger partial charge in [-0.1, -0.05) is 12.1 Å². The smallest absolute Gasteiger partial charge is 0.241 e. The second kappa shape index (κ2) is 8.86. The van der Waals surface area contributed by atoms with Gasteiger partial charge in [-0.2, -0.15) is 0 Å². The van der Waals surface area contributed by atoms with Gasteiger partial charge in [-0.05, 0) is 35.9 Å². The number of nitrogen functional groups attached to an aromatic ring is 1. The van der Waals surface area contributed by atoms with Gasteiger partial charge in [0.25, 0.3) is 0 Å². The fourth-order valence-electron chi connectivity index (χ4n) is 2.96. The molecule has 0 aromatic heterocycles. The van der Waals surface area contributed by atoms with Crippen molar-refractivity contribution >= 4 is 15.7 Å². The van der Waals surface area contributed by atoms with Crippen molar-refractivity contribution < 1.29 is 31.1 Å². The van der Waals surface area contributed by atoms with Gasteiger partial charge in [-0.25, -0.2) is 26.3 Å². The molecular formula is C21H19F3N2O4S. The highest BCUT2D eigenvalue weighted by Crippen LogP contribution is 2.32. The van der Waals surface area contributed by atoms with E-state index in [1.165, 1.54) is 26.4 Å². The molecule has 0 saturated heterocycles. The number of benzene rings is 3. The van der Waals surface area contributed by atoms with Gasteiger partial charge in [-0.15, -0.1) is 0 Å². The Balaban J connectivity index is 2.00. The molecule has 0 saturated carbocycles. The molecule has 0 atom stereocenters. The maximum Gasteiger partial charge on any atom is 0.241 e. The average molecular weight is 452 g/mol. The zero-order valence-corrected chi connectivity index (χ0v) is 17.4. The van der Waals surface area contributed by atoms with Crippen LogP contribution < -0.4 is 19.9 Å². The number of methoxy groups -OCH3 is 2. The van der Waals surface area contributed by atoms with Crippen LogP contribution in [0.25, 0.3) is 11.1 Å². The molecule has 0 aliphatic heterocycles. The van der Waals surface area contributed by atoms with Gasteiger partial charge < -0.3 is 15.2 Å². The van der Waals surface area contributed by atoms with Gasteiger partial charge in [0.1, 0.15) is 11.5 Å². The highest BCUT2D eigenvalue weighted by Gasteiger charge is 2.22. The lowest BCUT2D eigenvalue weighted by atomic mass is 10.0. The molecule has 0 heterocycles. The summed E-state index contributed by atoms with van der Waals surface area (Å²) >= 11 is 0. The Hall–Kier alpha value is -3.24. The van der Waals surface area contributed by atoms with Crippen LogP contribution in [0.4, 0.5) is 18.9 Å². The molecule has 0 spiro atoms. The quantitative estimate of drug-likeness (QED) is 0.420. The SMILES string of the molecule is COc1ccc(CNS(=O)(=O)c2cc(N)ccc2-c2cc(F)c(F)c(F)c2)c(OC)c1. The van der Waals surface area contributed by atoms with Crippen LogP contribution in [0.1, 0.15) is 5.56 Å². The molecule has 0 unspecified atom stereocenters. The molecule has 0 radical (unpaired) electrons. The van der Waals surface area contributed by atoms with Crippen molar-refractivity contribution in [2.24, 2.45) is 0 Å². The summed E-state index contributed by atoms with van der Waals surface area (Å²) in [7, 11) is -1.28. The Morgan fingerprint density at radius 1 is 0.935 bits per heavy atom. The number of rotatable bonds is 7. The molecule has 3 rings (SSSR count). The first-order valence-corrected chi connectivity index (χ1v) is 10.4. The first-order chi connectivity index (χ1) is 14.7.